The predicted molar refractivity (Wildman–Crippen MR) is 101 cm³/mol. The summed E-state index contributed by atoms with van der Waals surface area (Å²) >= 11 is 6.36. The van der Waals surface area contributed by atoms with E-state index in [1.165, 1.54) is 0 Å². The molecule has 122 valence electrons. The number of benzene rings is 2. The molecule has 3 aromatic rings. The first kappa shape index (κ1) is 16.3. The van der Waals surface area contributed by atoms with E-state index in [2.05, 4.69) is 26.7 Å². The highest BCUT2D eigenvalue weighted by Crippen LogP contribution is 2.29. The van der Waals surface area contributed by atoms with Crippen LogP contribution in [0.4, 0.5) is 23.1 Å². The van der Waals surface area contributed by atoms with E-state index in [0.29, 0.717) is 11.0 Å². The zero-order chi connectivity index (χ0) is 17.1. The lowest BCUT2D eigenvalue weighted by Gasteiger charge is -2.13. The summed E-state index contributed by atoms with van der Waals surface area (Å²) < 4.78 is 0. The van der Waals surface area contributed by atoms with Crippen molar-refractivity contribution in [2.75, 3.05) is 10.6 Å². The molecule has 1 aromatic heterocycles. The number of para-hydroxylation sites is 1. The Kier molecular flexibility index (Phi) is 4.67. The number of nitrogens with zero attached hydrogens (tertiary/aromatic N) is 2. The zero-order valence-corrected chi connectivity index (χ0v) is 14.6. The van der Waals surface area contributed by atoms with Gasteiger partial charge in [0.2, 0.25) is 5.95 Å². The molecule has 0 radical (unpaired) electrons. The number of aryl methyl sites for hydroxylation is 3. The van der Waals surface area contributed by atoms with Gasteiger partial charge in [0.15, 0.2) is 0 Å². The van der Waals surface area contributed by atoms with Crippen molar-refractivity contribution in [1.29, 1.82) is 0 Å². The van der Waals surface area contributed by atoms with Gasteiger partial charge in [0.05, 0.1) is 10.7 Å². The topological polar surface area (TPSA) is 49.8 Å². The zero-order valence-electron chi connectivity index (χ0n) is 13.9. The Morgan fingerprint density at radius 3 is 2.33 bits per heavy atom. The Bertz CT molecular complexity index is 839. The molecule has 0 atom stereocenters. The first-order valence-corrected chi connectivity index (χ1v) is 8.10. The van der Waals surface area contributed by atoms with Crippen molar-refractivity contribution in [3.63, 3.8) is 0 Å². The highest BCUT2D eigenvalue weighted by molar-refractivity contribution is 6.33. The second kappa shape index (κ2) is 6.89. The van der Waals surface area contributed by atoms with Crippen molar-refractivity contribution >= 4 is 34.7 Å². The minimum atomic E-state index is 0.516. The monoisotopic (exact) mass is 338 g/mol. The molecule has 0 saturated heterocycles. The molecule has 2 aromatic carbocycles. The maximum absolute atomic E-state index is 6.36. The maximum Gasteiger partial charge on any atom is 0.229 e. The van der Waals surface area contributed by atoms with Crippen LogP contribution in [0.15, 0.2) is 48.5 Å². The Hall–Kier alpha value is -2.59. The van der Waals surface area contributed by atoms with Gasteiger partial charge in [-0.15, -0.1) is 0 Å². The van der Waals surface area contributed by atoms with Crippen molar-refractivity contribution in [2.24, 2.45) is 0 Å². The molecule has 0 fully saturated rings. The fraction of sp³-hybridized carbons (Fsp3) is 0.158. The third-order valence-corrected chi connectivity index (χ3v) is 3.87. The average Bonchev–Trinajstić information content (AvgIpc) is 2.51. The highest BCUT2D eigenvalue weighted by Gasteiger charge is 2.09. The van der Waals surface area contributed by atoms with Gasteiger partial charge in [-0.2, -0.15) is 4.98 Å². The molecule has 0 spiro atoms. The lowest BCUT2D eigenvalue weighted by atomic mass is 10.1. The molecular weight excluding hydrogens is 320 g/mol. The fourth-order valence-corrected chi connectivity index (χ4v) is 2.91. The van der Waals surface area contributed by atoms with Crippen LogP contribution >= 0.6 is 11.6 Å². The van der Waals surface area contributed by atoms with Crippen molar-refractivity contribution < 1.29 is 0 Å². The second-order valence-electron chi connectivity index (χ2n) is 5.77. The number of halogens is 1. The molecule has 5 heteroatoms. The van der Waals surface area contributed by atoms with Gasteiger partial charge in [0.25, 0.3) is 0 Å². The summed E-state index contributed by atoms with van der Waals surface area (Å²) in [7, 11) is 0. The third-order valence-electron chi connectivity index (χ3n) is 3.57. The van der Waals surface area contributed by atoms with Crippen LogP contribution in [0.5, 0.6) is 0 Å². The molecule has 0 aliphatic heterocycles. The number of aromatic nitrogens is 2. The minimum Gasteiger partial charge on any atom is -0.340 e. The van der Waals surface area contributed by atoms with E-state index in [4.69, 9.17) is 11.6 Å². The standard InChI is InChI=1S/C19H19ClN4/c1-12-9-13(2)18(16(20)10-12)24-19-21-14(3)11-17(23-19)22-15-7-5-4-6-8-15/h4-11H,1-3H3,(H2,21,22,23,24). The van der Waals surface area contributed by atoms with E-state index in [1.807, 2.05) is 63.2 Å². The van der Waals surface area contributed by atoms with Gasteiger partial charge in [-0.25, -0.2) is 4.98 Å². The van der Waals surface area contributed by atoms with Crippen molar-refractivity contribution in [2.45, 2.75) is 20.8 Å². The first-order chi connectivity index (χ1) is 11.5. The van der Waals surface area contributed by atoms with E-state index in [9.17, 15) is 0 Å². The summed E-state index contributed by atoms with van der Waals surface area (Å²) in [5.41, 5.74) is 4.86. The van der Waals surface area contributed by atoms with Crippen LogP contribution in [0.25, 0.3) is 0 Å². The smallest absolute Gasteiger partial charge is 0.229 e. The molecule has 0 unspecified atom stereocenters. The number of rotatable bonds is 4. The second-order valence-corrected chi connectivity index (χ2v) is 6.18. The van der Waals surface area contributed by atoms with Gasteiger partial charge in [-0.1, -0.05) is 35.9 Å². The quantitative estimate of drug-likeness (QED) is 0.655. The van der Waals surface area contributed by atoms with Crippen LogP contribution in [0.1, 0.15) is 16.8 Å². The molecule has 0 saturated carbocycles. The van der Waals surface area contributed by atoms with Gasteiger partial charge in [-0.05, 0) is 50.1 Å². The molecule has 0 aliphatic carbocycles. The van der Waals surface area contributed by atoms with Crippen LogP contribution in [-0.2, 0) is 0 Å². The molecule has 0 bridgehead atoms. The molecule has 3 rings (SSSR count). The van der Waals surface area contributed by atoms with Crippen LogP contribution < -0.4 is 10.6 Å². The van der Waals surface area contributed by atoms with Crippen molar-refractivity contribution in [1.82, 2.24) is 9.97 Å². The molecule has 0 aliphatic rings. The molecule has 1 heterocycles. The third kappa shape index (κ3) is 3.84. The van der Waals surface area contributed by atoms with Crippen LogP contribution in [-0.4, -0.2) is 9.97 Å². The number of hydrogen-bond donors (Lipinski definition) is 2. The Morgan fingerprint density at radius 2 is 1.62 bits per heavy atom. The van der Waals surface area contributed by atoms with Crippen LogP contribution in [0, 0.1) is 20.8 Å². The van der Waals surface area contributed by atoms with Crippen LogP contribution in [0.3, 0.4) is 0 Å². The Balaban J connectivity index is 1.89. The van der Waals surface area contributed by atoms with E-state index >= 15 is 0 Å². The summed E-state index contributed by atoms with van der Waals surface area (Å²) in [5, 5.41) is 7.19. The summed E-state index contributed by atoms with van der Waals surface area (Å²) in [4.78, 5) is 8.99. The van der Waals surface area contributed by atoms with Gasteiger partial charge >= 0.3 is 0 Å². The summed E-state index contributed by atoms with van der Waals surface area (Å²) in [6.07, 6.45) is 0. The molecule has 24 heavy (non-hydrogen) atoms. The fourth-order valence-electron chi connectivity index (χ4n) is 2.54. The molecule has 2 N–H and O–H groups in total. The van der Waals surface area contributed by atoms with Crippen molar-refractivity contribution in [3.05, 3.63) is 70.4 Å². The Labute approximate surface area is 146 Å². The minimum absolute atomic E-state index is 0.516. The van der Waals surface area contributed by atoms with Gasteiger partial charge < -0.3 is 10.6 Å². The highest BCUT2D eigenvalue weighted by atomic mass is 35.5. The molecule has 4 nitrogen and oxygen atoms in total. The Morgan fingerprint density at radius 1 is 0.875 bits per heavy atom. The lowest BCUT2D eigenvalue weighted by molar-refractivity contribution is 1.10. The maximum atomic E-state index is 6.36. The van der Waals surface area contributed by atoms with E-state index in [1.54, 1.807) is 0 Å². The number of nitrogens with one attached hydrogen (secondary N) is 2. The number of anilines is 4. The largest absolute Gasteiger partial charge is 0.340 e. The van der Waals surface area contributed by atoms with Gasteiger partial charge in [0, 0.05) is 17.4 Å². The van der Waals surface area contributed by atoms with Gasteiger partial charge in [0.1, 0.15) is 5.82 Å². The van der Waals surface area contributed by atoms with Crippen molar-refractivity contribution in [3.8, 4) is 0 Å². The summed E-state index contributed by atoms with van der Waals surface area (Å²) in [5.74, 6) is 1.25. The van der Waals surface area contributed by atoms with E-state index in [0.717, 1.165) is 34.0 Å². The SMILES string of the molecule is Cc1cc(C)c(Nc2nc(C)cc(Nc3ccccc3)n2)c(Cl)c1. The molecule has 0 amide bonds. The summed E-state index contributed by atoms with van der Waals surface area (Å²) in [6, 6.07) is 15.8. The molecular formula is C19H19ClN4. The normalized spacial score (nSPS) is 10.5. The van der Waals surface area contributed by atoms with E-state index < -0.39 is 0 Å². The van der Waals surface area contributed by atoms with Crippen LogP contribution in [0.2, 0.25) is 5.02 Å². The number of hydrogen-bond acceptors (Lipinski definition) is 4. The van der Waals surface area contributed by atoms with Gasteiger partial charge in [-0.3, -0.25) is 0 Å². The van der Waals surface area contributed by atoms with E-state index in [-0.39, 0.29) is 0 Å². The average molecular weight is 339 g/mol. The predicted octanol–water partition coefficient (Wildman–Crippen LogP) is 5.54. The first-order valence-electron chi connectivity index (χ1n) is 7.73. The lowest BCUT2D eigenvalue weighted by Crippen LogP contribution is -2.04. The summed E-state index contributed by atoms with van der Waals surface area (Å²) in [6.45, 7) is 5.97.